The van der Waals surface area contributed by atoms with Gasteiger partial charge in [0.05, 0.1) is 48.7 Å². The van der Waals surface area contributed by atoms with Crippen LogP contribution in [0, 0.1) is 0 Å². The quantitative estimate of drug-likeness (QED) is 0.942. The summed E-state index contributed by atoms with van der Waals surface area (Å²) in [6.07, 6.45) is 3.43. The summed E-state index contributed by atoms with van der Waals surface area (Å²) < 4.78 is 12.5. The molecule has 0 saturated carbocycles. The first-order valence-corrected chi connectivity index (χ1v) is 6.50. The Balaban J connectivity index is 2.66. The van der Waals surface area contributed by atoms with E-state index in [9.17, 15) is 0 Å². The zero-order chi connectivity index (χ0) is 14.9. The number of hydrogen-bond acceptors (Lipinski definition) is 4. The van der Waals surface area contributed by atoms with E-state index in [4.69, 9.17) is 26.8 Å². The van der Waals surface area contributed by atoms with Crippen molar-refractivity contribution in [2.75, 3.05) is 14.2 Å². The van der Waals surface area contributed by atoms with Crippen molar-refractivity contribution in [3.63, 3.8) is 0 Å². The third-order valence-corrected chi connectivity index (χ3v) is 3.31. The lowest BCUT2D eigenvalue weighted by Gasteiger charge is -2.22. The molecule has 0 radical (unpaired) electrons. The highest BCUT2D eigenvalue weighted by Gasteiger charge is 2.22. The summed E-state index contributed by atoms with van der Waals surface area (Å²) in [6, 6.07) is 3.51. The van der Waals surface area contributed by atoms with Gasteiger partial charge in [0.25, 0.3) is 0 Å². The van der Waals surface area contributed by atoms with Gasteiger partial charge in [0.1, 0.15) is 11.5 Å². The predicted octanol–water partition coefficient (Wildman–Crippen LogP) is 2.74. The third-order valence-electron chi connectivity index (χ3n) is 3.01. The molecule has 0 aliphatic rings. The maximum absolute atomic E-state index is 6.17. The molecule has 0 bridgehead atoms. The fourth-order valence-electron chi connectivity index (χ4n) is 2.00. The van der Waals surface area contributed by atoms with Gasteiger partial charge in [0.2, 0.25) is 0 Å². The predicted molar refractivity (Wildman–Crippen MR) is 78.9 cm³/mol. The van der Waals surface area contributed by atoms with Gasteiger partial charge in [-0.1, -0.05) is 11.6 Å². The average Bonchev–Trinajstić information content (AvgIpc) is 2.87. The summed E-state index contributed by atoms with van der Waals surface area (Å²) in [5.74, 6) is 1.19. The zero-order valence-corrected chi connectivity index (χ0v) is 12.7. The molecule has 1 heterocycles. The number of methoxy groups -OCH3 is 2. The first-order chi connectivity index (χ1) is 9.38. The van der Waals surface area contributed by atoms with E-state index in [1.807, 2.05) is 18.4 Å². The van der Waals surface area contributed by atoms with Crippen LogP contribution in [0.5, 0.6) is 11.5 Å². The minimum Gasteiger partial charge on any atom is -0.495 e. The average molecular weight is 296 g/mol. The van der Waals surface area contributed by atoms with Crippen molar-refractivity contribution in [2.24, 2.45) is 5.73 Å². The Kier molecular flexibility index (Phi) is 3.92. The highest BCUT2D eigenvalue weighted by molar-refractivity contribution is 6.32. The van der Waals surface area contributed by atoms with Crippen molar-refractivity contribution >= 4 is 11.6 Å². The van der Waals surface area contributed by atoms with Gasteiger partial charge in [0.15, 0.2) is 0 Å². The Hall–Kier alpha value is -1.72. The number of nitrogens with zero attached hydrogens (tertiary/aromatic N) is 2. The third kappa shape index (κ3) is 2.59. The lowest BCUT2D eigenvalue weighted by molar-refractivity contribution is 0.400. The van der Waals surface area contributed by atoms with Crippen molar-refractivity contribution in [1.82, 2.24) is 9.55 Å². The highest BCUT2D eigenvalue weighted by atomic mass is 35.5. The first-order valence-electron chi connectivity index (χ1n) is 6.12. The molecule has 0 saturated heterocycles. The number of aromatic nitrogens is 2. The van der Waals surface area contributed by atoms with Crippen LogP contribution in [-0.4, -0.2) is 23.8 Å². The Bertz CT molecular complexity index is 617. The number of rotatable bonds is 4. The zero-order valence-electron chi connectivity index (χ0n) is 12.0. The lowest BCUT2D eigenvalue weighted by atomic mass is 10.0. The molecule has 5 nitrogen and oxygen atoms in total. The van der Waals surface area contributed by atoms with Crippen LogP contribution < -0.4 is 15.2 Å². The SMILES string of the molecule is COc1cc(-n2cncc2C(C)(C)N)c(OC)cc1Cl. The summed E-state index contributed by atoms with van der Waals surface area (Å²) in [5.41, 5.74) is 7.28. The molecule has 2 aromatic rings. The normalized spacial score (nSPS) is 11.5. The van der Waals surface area contributed by atoms with Crippen molar-refractivity contribution in [3.8, 4) is 17.2 Å². The molecule has 0 atom stereocenters. The van der Waals surface area contributed by atoms with E-state index in [1.54, 1.807) is 38.9 Å². The van der Waals surface area contributed by atoms with E-state index in [-0.39, 0.29) is 0 Å². The lowest BCUT2D eigenvalue weighted by Crippen LogP contribution is -2.31. The molecular weight excluding hydrogens is 278 g/mol. The van der Waals surface area contributed by atoms with Gasteiger partial charge in [-0.15, -0.1) is 0 Å². The monoisotopic (exact) mass is 295 g/mol. The number of ether oxygens (including phenoxy) is 2. The van der Waals surface area contributed by atoms with Crippen LogP contribution >= 0.6 is 11.6 Å². The summed E-state index contributed by atoms with van der Waals surface area (Å²) >= 11 is 6.12. The minimum absolute atomic E-state index is 0.488. The van der Waals surface area contributed by atoms with Crippen molar-refractivity contribution in [1.29, 1.82) is 0 Å². The Morgan fingerprint density at radius 2 is 1.85 bits per heavy atom. The summed E-state index contributed by atoms with van der Waals surface area (Å²) in [6.45, 7) is 3.83. The van der Waals surface area contributed by atoms with Gasteiger partial charge in [-0.25, -0.2) is 4.98 Å². The van der Waals surface area contributed by atoms with Gasteiger partial charge in [-0.05, 0) is 13.8 Å². The van der Waals surface area contributed by atoms with E-state index in [0.29, 0.717) is 16.5 Å². The maximum atomic E-state index is 6.17. The minimum atomic E-state index is -0.533. The fraction of sp³-hybridized carbons (Fsp3) is 0.357. The van der Waals surface area contributed by atoms with Crippen LogP contribution in [0.2, 0.25) is 5.02 Å². The first kappa shape index (κ1) is 14.7. The standard InChI is InChI=1S/C14H18ClN3O2/c1-14(2,16)13-7-17-8-18(13)10-6-11(19-3)9(15)5-12(10)20-4/h5-8H,16H2,1-4H3. The largest absolute Gasteiger partial charge is 0.495 e. The second kappa shape index (κ2) is 5.34. The molecule has 0 aliphatic heterocycles. The van der Waals surface area contributed by atoms with Crippen molar-refractivity contribution < 1.29 is 9.47 Å². The number of nitrogens with two attached hydrogens (primary N) is 1. The van der Waals surface area contributed by atoms with Crippen LogP contribution in [0.1, 0.15) is 19.5 Å². The molecule has 6 heteroatoms. The van der Waals surface area contributed by atoms with Crippen LogP contribution in [0.25, 0.3) is 5.69 Å². The number of imidazole rings is 1. The number of hydrogen-bond donors (Lipinski definition) is 1. The summed E-state index contributed by atoms with van der Waals surface area (Å²) in [7, 11) is 3.16. The van der Waals surface area contributed by atoms with E-state index in [0.717, 1.165) is 11.4 Å². The highest BCUT2D eigenvalue weighted by Crippen LogP contribution is 2.36. The van der Waals surface area contributed by atoms with E-state index >= 15 is 0 Å². The Labute approximate surface area is 123 Å². The van der Waals surface area contributed by atoms with Gasteiger partial charge in [0, 0.05) is 12.1 Å². The van der Waals surface area contributed by atoms with Gasteiger partial charge < -0.3 is 15.2 Å². The van der Waals surface area contributed by atoms with Crippen LogP contribution in [0.3, 0.4) is 0 Å². The van der Waals surface area contributed by atoms with Gasteiger partial charge in [-0.2, -0.15) is 0 Å². The second-order valence-corrected chi connectivity index (χ2v) is 5.44. The molecule has 1 aromatic carbocycles. The van der Waals surface area contributed by atoms with Crippen LogP contribution in [0.4, 0.5) is 0 Å². The van der Waals surface area contributed by atoms with Crippen LogP contribution in [-0.2, 0) is 5.54 Å². The van der Waals surface area contributed by atoms with E-state index < -0.39 is 5.54 Å². The molecule has 0 unspecified atom stereocenters. The fourth-order valence-corrected chi connectivity index (χ4v) is 2.23. The van der Waals surface area contributed by atoms with Crippen molar-refractivity contribution in [2.45, 2.75) is 19.4 Å². The maximum Gasteiger partial charge on any atom is 0.144 e. The molecule has 0 aliphatic carbocycles. The summed E-state index contributed by atoms with van der Waals surface area (Å²) in [5, 5.41) is 0.488. The molecule has 0 amide bonds. The van der Waals surface area contributed by atoms with Gasteiger partial charge in [-0.3, -0.25) is 4.57 Å². The topological polar surface area (TPSA) is 62.3 Å². The molecule has 2 rings (SSSR count). The van der Waals surface area contributed by atoms with Gasteiger partial charge >= 0.3 is 0 Å². The molecular formula is C14H18ClN3O2. The Morgan fingerprint density at radius 1 is 1.20 bits per heavy atom. The smallest absolute Gasteiger partial charge is 0.144 e. The van der Waals surface area contributed by atoms with E-state index in [1.165, 1.54) is 0 Å². The molecule has 0 spiro atoms. The second-order valence-electron chi connectivity index (χ2n) is 5.03. The van der Waals surface area contributed by atoms with Crippen LogP contribution in [0.15, 0.2) is 24.7 Å². The molecule has 108 valence electrons. The van der Waals surface area contributed by atoms with Crippen molar-refractivity contribution in [3.05, 3.63) is 35.4 Å². The summed E-state index contributed by atoms with van der Waals surface area (Å²) in [4.78, 5) is 4.17. The molecule has 0 fully saturated rings. The molecule has 2 N–H and O–H groups in total. The van der Waals surface area contributed by atoms with E-state index in [2.05, 4.69) is 4.98 Å². The molecule has 1 aromatic heterocycles. The molecule has 20 heavy (non-hydrogen) atoms. The number of halogens is 1. The Morgan fingerprint density at radius 3 is 2.40 bits per heavy atom. The number of benzene rings is 1.